The van der Waals surface area contributed by atoms with Gasteiger partial charge in [-0.05, 0) is 25.7 Å². The van der Waals surface area contributed by atoms with E-state index in [1.165, 1.54) is 0 Å². The van der Waals surface area contributed by atoms with E-state index in [0.717, 1.165) is 18.4 Å². The lowest BCUT2D eigenvalue weighted by Crippen LogP contribution is -2.13. The second kappa shape index (κ2) is 4.96. The number of hydrogen-bond acceptors (Lipinski definition) is 1. The van der Waals surface area contributed by atoms with E-state index in [0.29, 0.717) is 5.92 Å². The maximum absolute atomic E-state index is 10.5. The molecule has 2 nitrogen and oxygen atoms in total. The molecule has 0 aromatic rings. The Balaban J connectivity index is 3.76. The van der Waals surface area contributed by atoms with Crippen LogP contribution in [0.2, 0.25) is 0 Å². The maximum Gasteiger partial charge on any atom is 0.306 e. The van der Waals surface area contributed by atoms with Gasteiger partial charge in [0.15, 0.2) is 0 Å². The standard InChI is InChI=1S/C10H18O2/c1-7(2)5-8(3)6-9(4)10(11)12/h8-9H,1,5-6H2,2-4H3,(H,11,12). The van der Waals surface area contributed by atoms with E-state index >= 15 is 0 Å². The topological polar surface area (TPSA) is 37.3 Å². The molecule has 0 saturated heterocycles. The van der Waals surface area contributed by atoms with E-state index in [1.54, 1.807) is 6.92 Å². The predicted octanol–water partition coefficient (Wildman–Crippen LogP) is 2.70. The first-order chi connectivity index (χ1) is 5.43. The van der Waals surface area contributed by atoms with Crippen molar-refractivity contribution in [3.05, 3.63) is 12.2 Å². The SMILES string of the molecule is C=C(C)CC(C)CC(C)C(=O)O. The lowest BCUT2D eigenvalue weighted by molar-refractivity contribution is -0.141. The molecule has 0 bridgehead atoms. The summed E-state index contributed by atoms with van der Waals surface area (Å²) in [4.78, 5) is 10.5. The first kappa shape index (κ1) is 11.2. The summed E-state index contributed by atoms with van der Waals surface area (Å²) in [5, 5.41) is 8.64. The van der Waals surface area contributed by atoms with Crippen LogP contribution in [0.4, 0.5) is 0 Å². The molecule has 0 rings (SSSR count). The van der Waals surface area contributed by atoms with E-state index in [9.17, 15) is 4.79 Å². The van der Waals surface area contributed by atoms with Crippen LogP contribution in [0.15, 0.2) is 12.2 Å². The molecule has 0 aliphatic carbocycles. The summed E-state index contributed by atoms with van der Waals surface area (Å²) in [6, 6.07) is 0. The molecule has 70 valence electrons. The van der Waals surface area contributed by atoms with Crippen LogP contribution < -0.4 is 0 Å². The molecule has 12 heavy (non-hydrogen) atoms. The van der Waals surface area contributed by atoms with Gasteiger partial charge in [-0.1, -0.05) is 19.4 Å². The van der Waals surface area contributed by atoms with Gasteiger partial charge in [-0.3, -0.25) is 4.79 Å². The summed E-state index contributed by atoms with van der Waals surface area (Å²) in [6.45, 7) is 9.58. The van der Waals surface area contributed by atoms with Crippen LogP contribution in [0, 0.1) is 11.8 Å². The monoisotopic (exact) mass is 170 g/mol. The number of rotatable bonds is 5. The normalized spacial score (nSPS) is 15.2. The molecule has 0 spiro atoms. The zero-order valence-corrected chi connectivity index (χ0v) is 8.13. The highest BCUT2D eigenvalue weighted by Gasteiger charge is 2.14. The van der Waals surface area contributed by atoms with Crippen molar-refractivity contribution in [1.82, 2.24) is 0 Å². The summed E-state index contributed by atoms with van der Waals surface area (Å²) in [5.41, 5.74) is 1.13. The molecule has 1 N–H and O–H groups in total. The molecular formula is C10H18O2. The molecule has 2 unspecified atom stereocenters. The van der Waals surface area contributed by atoms with Crippen molar-refractivity contribution >= 4 is 5.97 Å². The van der Waals surface area contributed by atoms with Crippen molar-refractivity contribution in [2.24, 2.45) is 11.8 Å². The Kier molecular flexibility index (Phi) is 4.64. The number of carbonyl (C=O) groups is 1. The Labute approximate surface area is 74.3 Å². The molecule has 0 saturated carbocycles. The van der Waals surface area contributed by atoms with Gasteiger partial charge in [0, 0.05) is 0 Å². The summed E-state index contributed by atoms with van der Waals surface area (Å²) in [7, 11) is 0. The van der Waals surface area contributed by atoms with Gasteiger partial charge >= 0.3 is 5.97 Å². The third-order valence-corrected chi connectivity index (χ3v) is 1.87. The van der Waals surface area contributed by atoms with Gasteiger partial charge in [-0.2, -0.15) is 0 Å². The van der Waals surface area contributed by atoms with Gasteiger partial charge in [0.25, 0.3) is 0 Å². The molecular weight excluding hydrogens is 152 g/mol. The molecule has 0 radical (unpaired) electrons. The molecule has 0 aromatic carbocycles. The molecule has 0 heterocycles. The van der Waals surface area contributed by atoms with Crippen LogP contribution in [-0.4, -0.2) is 11.1 Å². The van der Waals surface area contributed by atoms with E-state index in [-0.39, 0.29) is 5.92 Å². The summed E-state index contributed by atoms with van der Waals surface area (Å²) >= 11 is 0. The molecule has 0 amide bonds. The average Bonchev–Trinajstić information content (AvgIpc) is 1.84. The third-order valence-electron chi connectivity index (χ3n) is 1.87. The zero-order valence-electron chi connectivity index (χ0n) is 8.13. The van der Waals surface area contributed by atoms with E-state index in [4.69, 9.17) is 5.11 Å². The molecule has 0 aliphatic heterocycles. The van der Waals surface area contributed by atoms with Crippen molar-refractivity contribution < 1.29 is 9.90 Å². The van der Waals surface area contributed by atoms with Crippen LogP contribution in [0.25, 0.3) is 0 Å². The average molecular weight is 170 g/mol. The largest absolute Gasteiger partial charge is 0.481 e. The lowest BCUT2D eigenvalue weighted by Gasteiger charge is -2.13. The van der Waals surface area contributed by atoms with Gasteiger partial charge in [-0.15, -0.1) is 6.58 Å². The van der Waals surface area contributed by atoms with Gasteiger partial charge in [0.2, 0.25) is 0 Å². The smallest absolute Gasteiger partial charge is 0.306 e. The second-order valence-corrected chi connectivity index (χ2v) is 3.74. The highest BCUT2D eigenvalue weighted by atomic mass is 16.4. The molecule has 2 heteroatoms. The highest BCUT2D eigenvalue weighted by molar-refractivity contribution is 5.69. The van der Waals surface area contributed by atoms with E-state index in [1.807, 2.05) is 6.92 Å². The maximum atomic E-state index is 10.5. The van der Waals surface area contributed by atoms with Crippen molar-refractivity contribution in [3.8, 4) is 0 Å². The van der Waals surface area contributed by atoms with Crippen LogP contribution >= 0.6 is 0 Å². The highest BCUT2D eigenvalue weighted by Crippen LogP contribution is 2.18. The van der Waals surface area contributed by atoms with Gasteiger partial charge in [0.1, 0.15) is 0 Å². The van der Waals surface area contributed by atoms with Crippen LogP contribution in [0.5, 0.6) is 0 Å². The molecule has 0 aromatic heterocycles. The van der Waals surface area contributed by atoms with Crippen molar-refractivity contribution in [1.29, 1.82) is 0 Å². The summed E-state index contributed by atoms with van der Waals surface area (Å²) < 4.78 is 0. The minimum absolute atomic E-state index is 0.237. The minimum atomic E-state index is -0.705. The van der Waals surface area contributed by atoms with Crippen molar-refractivity contribution in [3.63, 3.8) is 0 Å². The fourth-order valence-electron chi connectivity index (χ4n) is 1.38. The fourth-order valence-corrected chi connectivity index (χ4v) is 1.38. The van der Waals surface area contributed by atoms with Crippen LogP contribution in [-0.2, 0) is 4.79 Å². The van der Waals surface area contributed by atoms with Gasteiger partial charge in [0.05, 0.1) is 5.92 Å². The predicted molar refractivity (Wildman–Crippen MR) is 50.0 cm³/mol. The Bertz CT molecular complexity index is 173. The number of aliphatic carboxylic acids is 1. The van der Waals surface area contributed by atoms with Gasteiger partial charge < -0.3 is 5.11 Å². The van der Waals surface area contributed by atoms with E-state index < -0.39 is 5.97 Å². The van der Waals surface area contributed by atoms with Crippen LogP contribution in [0.3, 0.4) is 0 Å². The molecule has 2 atom stereocenters. The zero-order chi connectivity index (χ0) is 9.72. The first-order valence-electron chi connectivity index (χ1n) is 4.30. The Morgan fingerprint density at radius 2 is 2.00 bits per heavy atom. The van der Waals surface area contributed by atoms with Crippen molar-refractivity contribution in [2.75, 3.05) is 0 Å². The molecule has 0 fully saturated rings. The Morgan fingerprint density at radius 3 is 2.33 bits per heavy atom. The summed E-state index contributed by atoms with van der Waals surface area (Å²) in [6.07, 6.45) is 1.67. The minimum Gasteiger partial charge on any atom is -0.481 e. The van der Waals surface area contributed by atoms with E-state index in [2.05, 4.69) is 13.5 Å². The van der Waals surface area contributed by atoms with Gasteiger partial charge in [-0.25, -0.2) is 0 Å². The number of carboxylic acid groups (broad SMARTS) is 1. The van der Waals surface area contributed by atoms with Crippen molar-refractivity contribution in [2.45, 2.75) is 33.6 Å². The lowest BCUT2D eigenvalue weighted by atomic mass is 9.93. The third kappa shape index (κ3) is 4.94. The number of carboxylic acids is 1. The second-order valence-electron chi connectivity index (χ2n) is 3.74. The fraction of sp³-hybridized carbons (Fsp3) is 0.700. The Hall–Kier alpha value is -0.790. The van der Waals surface area contributed by atoms with Crippen LogP contribution in [0.1, 0.15) is 33.6 Å². The molecule has 0 aliphatic rings. The quantitative estimate of drug-likeness (QED) is 0.644. The number of allylic oxidation sites excluding steroid dienone is 1. The number of hydrogen-bond donors (Lipinski definition) is 1. The first-order valence-corrected chi connectivity index (χ1v) is 4.30. The Morgan fingerprint density at radius 1 is 1.50 bits per heavy atom. The summed E-state index contributed by atoms with van der Waals surface area (Å²) in [5.74, 6) is -0.517.